The van der Waals surface area contributed by atoms with Gasteiger partial charge in [0, 0.05) is 16.3 Å². The van der Waals surface area contributed by atoms with Gasteiger partial charge >= 0.3 is 0 Å². The van der Waals surface area contributed by atoms with Crippen molar-refractivity contribution in [2.45, 2.75) is 11.0 Å². The summed E-state index contributed by atoms with van der Waals surface area (Å²) in [4.78, 5) is 0. The van der Waals surface area contributed by atoms with Crippen molar-refractivity contribution in [3.63, 3.8) is 0 Å². The lowest BCUT2D eigenvalue weighted by Crippen LogP contribution is -1.88. The Morgan fingerprint density at radius 3 is 2.85 bits per heavy atom. The Labute approximate surface area is 122 Å². The maximum atomic E-state index is 13.6. The minimum absolute atomic E-state index is 0.289. The fraction of sp³-hybridized carbons (Fsp3) is 0.0769. The van der Waals surface area contributed by atoms with Crippen LogP contribution in [0.15, 0.2) is 50.7 Å². The summed E-state index contributed by atoms with van der Waals surface area (Å²) < 4.78 is 24.2. The van der Waals surface area contributed by atoms with Gasteiger partial charge in [0.1, 0.15) is 5.82 Å². The van der Waals surface area contributed by atoms with E-state index in [0.29, 0.717) is 27.3 Å². The molecule has 0 unspecified atom stereocenters. The zero-order valence-corrected chi connectivity index (χ0v) is 11.6. The van der Waals surface area contributed by atoms with Crippen molar-refractivity contribution >= 4 is 23.4 Å². The fourth-order valence-corrected chi connectivity index (χ4v) is 2.68. The highest BCUT2D eigenvalue weighted by Crippen LogP contribution is 2.29. The number of benzene rings is 1. The van der Waals surface area contributed by atoms with Gasteiger partial charge < -0.3 is 8.83 Å². The van der Waals surface area contributed by atoms with Crippen molar-refractivity contribution in [3.8, 4) is 11.7 Å². The topological polar surface area (TPSA) is 52.1 Å². The third kappa shape index (κ3) is 2.71. The van der Waals surface area contributed by atoms with Crippen LogP contribution in [-0.4, -0.2) is 10.2 Å². The van der Waals surface area contributed by atoms with Gasteiger partial charge in [-0.05, 0) is 24.3 Å². The van der Waals surface area contributed by atoms with Gasteiger partial charge in [0.25, 0.3) is 11.1 Å². The SMILES string of the molecule is Fc1cccc(Cl)c1CSc1nnc(-c2ccco2)o1. The number of hydrogen-bond donors (Lipinski definition) is 0. The Morgan fingerprint density at radius 1 is 1.20 bits per heavy atom. The van der Waals surface area contributed by atoms with Gasteiger partial charge in [-0.25, -0.2) is 4.39 Å². The predicted molar refractivity (Wildman–Crippen MR) is 73.0 cm³/mol. The van der Waals surface area contributed by atoms with Gasteiger partial charge in [0.05, 0.1) is 6.26 Å². The third-order valence-electron chi connectivity index (χ3n) is 2.54. The van der Waals surface area contributed by atoms with Crippen LogP contribution < -0.4 is 0 Å². The van der Waals surface area contributed by atoms with E-state index < -0.39 is 0 Å². The molecule has 3 rings (SSSR count). The van der Waals surface area contributed by atoms with Crippen molar-refractivity contribution < 1.29 is 13.2 Å². The summed E-state index contributed by atoms with van der Waals surface area (Å²) in [5.74, 6) is 0.742. The Morgan fingerprint density at radius 2 is 2.10 bits per heavy atom. The average Bonchev–Trinajstić information content (AvgIpc) is 3.09. The smallest absolute Gasteiger partial charge is 0.284 e. The van der Waals surface area contributed by atoms with Crippen LogP contribution in [0.4, 0.5) is 4.39 Å². The maximum absolute atomic E-state index is 13.6. The van der Waals surface area contributed by atoms with E-state index in [9.17, 15) is 4.39 Å². The molecule has 0 aliphatic rings. The van der Waals surface area contributed by atoms with E-state index >= 15 is 0 Å². The molecular formula is C13H8ClFN2O2S. The summed E-state index contributed by atoms with van der Waals surface area (Å²) in [6.07, 6.45) is 1.52. The minimum Gasteiger partial charge on any atom is -0.459 e. The van der Waals surface area contributed by atoms with E-state index in [4.69, 9.17) is 20.4 Å². The molecule has 20 heavy (non-hydrogen) atoms. The number of nitrogens with zero attached hydrogens (tertiary/aromatic N) is 2. The third-order valence-corrected chi connectivity index (χ3v) is 3.74. The quantitative estimate of drug-likeness (QED) is 0.668. The molecule has 0 saturated heterocycles. The summed E-state index contributed by atoms with van der Waals surface area (Å²) >= 11 is 7.16. The van der Waals surface area contributed by atoms with Crippen LogP contribution in [0, 0.1) is 5.82 Å². The highest BCUT2D eigenvalue weighted by Gasteiger charge is 2.13. The van der Waals surface area contributed by atoms with Gasteiger partial charge in [-0.3, -0.25) is 0 Å². The van der Waals surface area contributed by atoms with Gasteiger partial charge in [0.2, 0.25) is 0 Å². The Bertz CT molecular complexity index is 695. The summed E-state index contributed by atoms with van der Waals surface area (Å²) in [6.45, 7) is 0. The highest BCUT2D eigenvalue weighted by molar-refractivity contribution is 7.98. The summed E-state index contributed by atoms with van der Waals surface area (Å²) in [5, 5.41) is 8.43. The van der Waals surface area contributed by atoms with Crippen molar-refractivity contribution in [1.29, 1.82) is 0 Å². The highest BCUT2D eigenvalue weighted by atomic mass is 35.5. The molecule has 0 aliphatic heterocycles. The molecule has 0 bridgehead atoms. The van der Waals surface area contributed by atoms with Crippen molar-refractivity contribution in [1.82, 2.24) is 10.2 Å². The van der Waals surface area contributed by atoms with E-state index in [1.165, 1.54) is 24.1 Å². The van der Waals surface area contributed by atoms with E-state index in [1.54, 1.807) is 24.3 Å². The monoisotopic (exact) mass is 310 g/mol. The van der Waals surface area contributed by atoms with E-state index in [1.807, 2.05) is 0 Å². The number of thioether (sulfide) groups is 1. The van der Waals surface area contributed by atoms with Crippen LogP contribution in [0.25, 0.3) is 11.7 Å². The van der Waals surface area contributed by atoms with E-state index in [-0.39, 0.29) is 11.7 Å². The molecule has 0 N–H and O–H groups in total. The molecule has 2 heterocycles. The second kappa shape index (κ2) is 5.68. The predicted octanol–water partition coefficient (Wildman–Crippen LogP) is 4.41. The molecule has 0 amide bonds. The first-order valence-electron chi connectivity index (χ1n) is 5.67. The van der Waals surface area contributed by atoms with Crippen LogP contribution in [-0.2, 0) is 5.75 Å². The van der Waals surface area contributed by atoms with E-state index in [0.717, 1.165) is 0 Å². The fourth-order valence-electron chi connectivity index (χ4n) is 1.57. The number of hydrogen-bond acceptors (Lipinski definition) is 5. The molecule has 3 aromatic rings. The Kier molecular flexibility index (Phi) is 3.75. The molecule has 102 valence electrons. The van der Waals surface area contributed by atoms with Crippen molar-refractivity contribution in [3.05, 3.63) is 53.0 Å². The summed E-state index contributed by atoms with van der Waals surface area (Å²) in [5.41, 5.74) is 0.414. The second-order valence-electron chi connectivity index (χ2n) is 3.84. The lowest BCUT2D eigenvalue weighted by Gasteiger charge is -2.02. The normalized spacial score (nSPS) is 10.9. The first-order chi connectivity index (χ1) is 9.74. The summed E-state index contributed by atoms with van der Waals surface area (Å²) in [6, 6.07) is 8.02. The molecule has 2 aromatic heterocycles. The van der Waals surface area contributed by atoms with Crippen LogP contribution in [0.3, 0.4) is 0 Å². The molecule has 4 nitrogen and oxygen atoms in total. The molecule has 1 aromatic carbocycles. The maximum Gasteiger partial charge on any atom is 0.284 e. The van der Waals surface area contributed by atoms with Crippen LogP contribution in [0.2, 0.25) is 5.02 Å². The number of halogens is 2. The Balaban J connectivity index is 1.73. The number of furan rings is 1. The lowest BCUT2D eigenvalue weighted by atomic mass is 10.2. The molecule has 0 aliphatic carbocycles. The molecule has 0 saturated carbocycles. The van der Waals surface area contributed by atoms with Crippen molar-refractivity contribution in [2.24, 2.45) is 0 Å². The zero-order valence-electron chi connectivity index (χ0n) is 10.0. The standard InChI is InChI=1S/C13H8ClFN2O2S/c14-9-3-1-4-10(15)8(9)7-20-13-17-16-12(19-13)11-5-2-6-18-11/h1-6H,7H2. The average molecular weight is 311 g/mol. The number of aromatic nitrogens is 2. The van der Waals surface area contributed by atoms with Crippen LogP contribution >= 0.6 is 23.4 Å². The molecule has 7 heteroatoms. The van der Waals surface area contributed by atoms with Crippen LogP contribution in [0.1, 0.15) is 5.56 Å². The lowest BCUT2D eigenvalue weighted by molar-refractivity contribution is 0.447. The summed E-state index contributed by atoms with van der Waals surface area (Å²) in [7, 11) is 0. The molecule has 0 atom stereocenters. The first kappa shape index (κ1) is 13.2. The van der Waals surface area contributed by atoms with Crippen molar-refractivity contribution in [2.75, 3.05) is 0 Å². The minimum atomic E-state index is -0.351. The second-order valence-corrected chi connectivity index (χ2v) is 5.17. The molecule has 0 radical (unpaired) electrons. The van der Waals surface area contributed by atoms with Gasteiger partial charge in [-0.2, -0.15) is 0 Å². The van der Waals surface area contributed by atoms with Gasteiger partial charge in [0.15, 0.2) is 5.76 Å². The molecule has 0 fully saturated rings. The van der Waals surface area contributed by atoms with Gasteiger partial charge in [-0.15, -0.1) is 10.2 Å². The van der Waals surface area contributed by atoms with E-state index in [2.05, 4.69) is 10.2 Å². The molecule has 0 spiro atoms. The first-order valence-corrected chi connectivity index (χ1v) is 7.03. The van der Waals surface area contributed by atoms with Crippen LogP contribution in [0.5, 0.6) is 0 Å². The number of rotatable bonds is 4. The molecular weight excluding hydrogens is 303 g/mol. The largest absolute Gasteiger partial charge is 0.459 e. The zero-order chi connectivity index (χ0) is 13.9. The Hall–Kier alpha value is -1.79. The van der Waals surface area contributed by atoms with Gasteiger partial charge in [-0.1, -0.05) is 29.4 Å².